The smallest absolute Gasteiger partial charge is 0.232 e. The van der Waals surface area contributed by atoms with Gasteiger partial charge in [-0.05, 0) is 19.1 Å². The van der Waals surface area contributed by atoms with Crippen LogP contribution in [0.5, 0.6) is 0 Å². The molecule has 0 unspecified atom stereocenters. The Morgan fingerprint density at radius 3 is 2.88 bits per heavy atom. The number of nitrogens with zero attached hydrogens (tertiary/aromatic N) is 3. The highest BCUT2D eigenvalue weighted by atomic mass is 32.2. The van der Waals surface area contributed by atoms with Crippen LogP contribution in [0.1, 0.15) is 6.92 Å². The number of anilines is 1. The normalized spacial score (nSPS) is 11.4. The average molecular weight is 252 g/mol. The van der Waals surface area contributed by atoms with Crippen LogP contribution in [-0.4, -0.2) is 28.9 Å². The second-order valence-corrected chi connectivity index (χ2v) is 5.38. The Labute approximate surface area is 99.4 Å². The minimum atomic E-state index is -3.27. The van der Waals surface area contributed by atoms with Crippen LogP contribution < -0.4 is 4.72 Å². The van der Waals surface area contributed by atoms with Gasteiger partial charge in [0, 0.05) is 6.20 Å². The van der Waals surface area contributed by atoms with Crippen molar-refractivity contribution in [1.82, 2.24) is 14.8 Å². The number of hydrogen-bond donors (Lipinski definition) is 1. The summed E-state index contributed by atoms with van der Waals surface area (Å²) in [6.07, 6.45) is 4.67. The van der Waals surface area contributed by atoms with E-state index in [1.165, 1.54) is 10.9 Å². The van der Waals surface area contributed by atoms with E-state index in [0.717, 1.165) is 0 Å². The van der Waals surface area contributed by atoms with Crippen molar-refractivity contribution in [3.63, 3.8) is 0 Å². The summed E-state index contributed by atoms with van der Waals surface area (Å²) in [7, 11) is -3.27. The van der Waals surface area contributed by atoms with Crippen LogP contribution in [0, 0.1) is 0 Å². The molecule has 7 heteroatoms. The maximum atomic E-state index is 11.4. The lowest BCUT2D eigenvalue weighted by atomic mass is 10.5. The van der Waals surface area contributed by atoms with Crippen LogP contribution in [0.25, 0.3) is 5.82 Å². The summed E-state index contributed by atoms with van der Waals surface area (Å²) < 4.78 is 26.6. The molecule has 2 heterocycles. The fourth-order valence-corrected chi connectivity index (χ4v) is 1.85. The van der Waals surface area contributed by atoms with Crippen molar-refractivity contribution in [3.05, 3.63) is 36.8 Å². The zero-order valence-corrected chi connectivity index (χ0v) is 10.1. The van der Waals surface area contributed by atoms with Gasteiger partial charge in [-0.2, -0.15) is 5.10 Å². The molecule has 0 saturated carbocycles. The highest BCUT2D eigenvalue weighted by Crippen LogP contribution is 2.10. The van der Waals surface area contributed by atoms with Crippen molar-refractivity contribution < 1.29 is 8.42 Å². The third-order valence-corrected chi connectivity index (χ3v) is 3.43. The first kappa shape index (κ1) is 11.6. The van der Waals surface area contributed by atoms with Gasteiger partial charge in [-0.3, -0.25) is 4.72 Å². The lowest BCUT2D eigenvalue weighted by Gasteiger charge is -2.01. The molecule has 2 aromatic heterocycles. The number of nitrogens with one attached hydrogen (secondary N) is 1. The predicted octanol–water partition coefficient (Wildman–Crippen LogP) is 1.03. The summed E-state index contributed by atoms with van der Waals surface area (Å²) in [5, 5.41) is 4.03. The molecule has 6 nitrogen and oxygen atoms in total. The fraction of sp³-hybridized carbons (Fsp3) is 0.200. The van der Waals surface area contributed by atoms with Crippen LogP contribution in [-0.2, 0) is 10.0 Å². The van der Waals surface area contributed by atoms with E-state index in [1.54, 1.807) is 31.5 Å². The molecule has 0 radical (unpaired) electrons. The van der Waals surface area contributed by atoms with Gasteiger partial charge >= 0.3 is 0 Å². The van der Waals surface area contributed by atoms with Gasteiger partial charge in [-0.1, -0.05) is 6.07 Å². The van der Waals surface area contributed by atoms with E-state index < -0.39 is 10.0 Å². The van der Waals surface area contributed by atoms with Gasteiger partial charge in [-0.25, -0.2) is 18.1 Å². The van der Waals surface area contributed by atoms with Crippen molar-refractivity contribution in [3.8, 4) is 5.82 Å². The summed E-state index contributed by atoms with van der Waals surface area (Å²) in [6, 6.07) is 5.42. The Balaban J connectivity index is 2.23. The summed E-state index contributed by atoms with van der Waals surface area (Å²) in [5.41, 5.74) is 0.428. The Morgan fingerprint density at radius 2 is 2.24 bits per heavy atom. The molecule has 0 spiro atoms. The second kappa shape index (κ2) is 4.54. The van der Waals surface area contributed by atoms with E-state index >= 15 is 0 Å². The van der Waals surface area contributed by atoms with E-state index in [4.69, 9.17) is 0 Å². The molecule has 0 aliphatic heterocycles. The van der Waals surface area contributed by atoms with Crippen molar-refractivity contribution in [2.24, 2.45) is 0 Å². The van der Waals surface area contributed by atoms with Gasteiger partial charge in [0.25, 0.3) is 0 Å². The quantitative estimate of drug-likeness (QED) is 0.881. The van der Waals surface area contributed by atoms with Gasteiger partial charge in [0.15, 0.2) is 5.82 Å². The molecule has 2 rings (SSSR count). The van der Waals surface area contributed by atoms with Crippen LogP contribution in [0.15, 0.2) is 36.8 Å². The number of rotatable bonds is 4. The fourth-order valence-electron chi connectivity index (χ4n) is 1.24. The molecule has 2 aromatic rings. The SMILES string of the molecule is CCS(=O)(=O)Nc1cnn(-c2ccccn2)c1. The molecule has 0 aliphatic rings. The Kier molecular flexibility index (Phi) is 3.10. The molecular formula is C10H12N4O2S. The molecular weight excluding hydrogens is 240 g/mol. The topological polar surface area (TPSA) is 76.9 Å². The van der Waals surface area contributed by atoms with Crippen molar-refractivity contribution >= 4 is 15.7 Å². The van der Waals surface area contributed by atoms with E-state index in [1.807, 2.05) is 6.07 Å². The second-order valence-electron chi connectivity index (χ2n) is 3.37. The predicted molar refractivity (Wildman–Crippen MR) is 64.4 cm³/mol. The third-order valence-electron chi connectivity index (χ3n) is 2.12. The number of aromatic nitrogens is 3. The summed E-state index contributed by atoms with van der Waals surface area (Å²) in [4.78, 5) is 4.10. The maximum Gasteiger partial charge on any atom is 0.232 e. The van der Waals surface area contributed by atoms with Gasteiger partial charge in [0.05, 0.1) is 23.8 Å². The monoisotopic (exact) mass is 252 g/mol. The summed E-state index contributed by atoms with van der Waals surface area (Å²) in [6.45, 7) is 1.57. The van der Waals surface area contributed by atoms with Gasteiger partial charge in [0.1, 0.15) is 0 Å². The summed E-state index contributed by atoms with van der Waals surface area (Å²) >= 11 is 0. The van der Waals surface area contributed by atoms with E-state index in [0.29, 0.717) is 11.5 Å². The largest absolute Gasteiger partial charge is 0.280 e. The number of pyridine rings is 1. The first-order chi connectivity index (χ1) is 8.11. The van der Waals surface area contributed by atoms with Crippen LogP contribution in [0.4, 0.5) is 5.69 Å². The average Bonchev–Trinajstić information content (AvgIpc) is 2.78. The standard InChI is InChI=1S/C10H12N4O2S/c1-2-17(15,16)13-9-7-12-14(8-9)10-5-3-4-6-11-10/h3-8,13H,2H2,1H3. The van der Waals surface area contributed by atoms with Crippen LogP contribution >= 0.6 is 0 Å². The van der Waals surface area contributed by atoms with Crippen molar-refractivity contribution in [2.45, 2.75) is 6.92 Å². The van der Waals surface area contributed by atoms with Gasteiger partial charge < -0.3 is 0 Å². The first-order valence-corrected chi connectivity index (χ1v) is 6.72. The maximum absolute atomic E-state index is 11.4. The highest BCUT2D eigenvalue weighted by molar-refractivity contribution is 7.92. The molecule has 1 N–H and O–H groups in total. The van der Waals surface area contributed by atoms with Crippen molar-refractivity contribution in [1.29, 1.82) is 0 Å². The van der Waals surface area contributed by atoms with E-state index in [2.05, 4.69) is 14.8 Å². The van der Waals surface area contributed by atoms with Gasteiger partial charge in [-0.15, -0.1) is 0 Å². The Morgan fingerprint density at radius 1 is 1.41 bits per heavy atom. The molecule has 0 amide bonds. The number of sulfonamides is 1. The molecule has 0 aliphatic carbocycles. The lowest BCUT2D eigenvalue weighted by molar-refractivity contribution is 0.602. The lowest BCUT2D eigenvalue weighted by Crippen LogP contribution is -2.14. The Bertz CT molecular complexity index is 592. The van der Waals surface area contributed by atoms with E-state index in [-0.39, 0.29) is 5.75 Å². The minimum absolute atomic E-state index is 0.0295. The third kappa shape index (κ3) is 2.82. The van der Waals surface area contributed by atoms with E-state index in [9.17, 15) is 8.42 Å². The molecule has 0 fully saturated rings. The molecule has 0 bridgehead atoms. The molecule has 0 atom stereocenters. The highest BCUT2D eigenvalue weighted by Gasteiger charge is 2.08. The Hall–Kier alpha value is -1.89. The number of hydrogen-bond acceptors (Lipinski definition) is 4. The van der Waals surface area contributed by atoms with Crippen molar-refractivity contribution in [2.75, 3.05) is 10.5 Å². The first-order valence-electron chi connectivity index (χ1n) is 5.07. The molecule has 0 aromatic carbocycles. The summed E-state index contributed by atoms with van der Waals surface area (Å²) in [5.74, 6) is 0.663. The van der Waals surface area contributed by atoms with Crippen LogP contribution in [0.3, 0.4) is 0 Å². The van der Waals surface area contributed by atoms with Crippen LogP contribution in [0.2, 0.25) is 0 Å². The van der Waals surface area contributed by atoms with Gasteiger partial charge in [0.2, 0.25) is 10.0 Å². The molecule has 0 saturated heterocycles. The zero-order valence-electron chi connectivity index (χ0n) is 9.24. The minimum Gasteiger partial charge on any atom is -0.280 e. The molecule has 90 valence electrons. The zero-order chi connectivity index (χ0) is 12.3. The molecule has 17 heavy (non-hydrogen) atoms.